The van der Waals surface area contributed by atoms with Gasteiger partial charge in [-0.3, -0.25) is 10.2 Å². The van der Waals surface area contributed by atoms with Crippen LogP contribution in [-0.2, 0) is 14.3 Å². The molecular weight excluding hydrogens is 737 g/mol. The molecule has 1 saturated heterocycles. The van der Waals surface area contributed by atoms with Gasteiger partial charge in [0.1, 0.15) is 30.2 Å². The molecule has 0 bridgehead atoms. The van der Waals surface area contributed by atoms with Crippen LogP contribution in [0.4, 0.5) is 0 Å². The van der Waals surface area contributed by atoms with Crippen LogP contribution in [0.25, 0.3) is 0 Å². The number of unbranched alkanes of at least 4 members (excludes halogenated alkanes) is 2. The lowest BCUT2D eigenvalue weighted by atomic mass is 9.92. The van der Waals surface area contributed by atoms with Crippen molar-refractivity contribution in [2.24, 2.45) is 23.5 Å². The Bertz CT molecular complexity index is 1510. The largest absolute Gasteiger partial charge is 0.511 e. The van der Waals surface area contributed by atoms with E-state index in [4.69, 9.17) is 20.6 Å². The van der Waals surface area contributed by atoms with Crippen molar-refractivity contribution in [1.29, 1.82) is 5.41 Å². The van der Waals surface area contributed by atoms with Crippen LogP contribution >= 0.6 is 0 Å². The number of carbonyl (C=O) groups is 1. The summed E-state index contributed by atoms with van der Waals surface area (Å²) < 4.78 is 12.0. The normalized spacial score (nSPS) is 23.7. The number of nitrogens with two attached hydrogens (primary N) is 1. The van der Waals surface area contributed by atoms with Crippen LogP contribution in [0.3, 0.4) is 0 Å². The van der Waals surface area contributed by atoms with Gasteiger partial charge in [0.2, 0.25) is 0 Å². The standard InChI is InChI=1S/C46H74N4O8/c1-9-38(52)37(7)49-44(56)35(5)28-22-14-12-10-11-13-21-27-34(4)43(58-45-42(55)41(54)40(53)39(31-51)57-45)36(6)30-33(3)26-20-17-19-25-32(2)24-18-15-16-23-29-50(8)46(47)48/h10-15,18-19,21-22,25,27-28,30,32-34,39-43,45,51-55H,9,16-17,20,23-24,26,29,31H2,1-8H3,(H3,47,48)(H,49,56)/b12-10+,13-11+,18-15+,22-14+,25-19+,27-21+,35-28+,36-30+,38-37-. The van der Waals surface area contributed by atoms with Gasteiger partial charge < -0.3 is 51.0 Å². The van der Waals surface area contributed by atoms with E-state index >= 15 is 0 Å². The minimum atomic E-state index is -1.54. The highest BCUT2D eigenvalue weighted by Crippen LogP contribution is 2.28. The van der Waals surface area contributed by atoms with E-state index in [1.807, 2.05) is 57.4 Å². The molecule has 9 atom stereocenters. The maximum Gasteiger partial charge on any atom is 0.251 e. The molecule has 1 fully saturated rings. The summed E-state index contributed by atoms with van der Waals surface area (Å²) in [6, 6.07) is 0. The lowest BCUT2D eigenvalue weighted by Gasteiger charge is -2.41. The second kappa shape index (κ2) is 29.2. The van der Waals surface area contributed by atoms with Gasteiger partial charge >= 0.3 is 0 Å². The number of hydrogen-bond acceptors (Lipinski definition) is 9. The molecule has 0 aromatic heterocycles. The maximum absolute atomic E-state index is 12.3. The summed E-state index contributed by atoms with van der Waals surface area (Å²) >= 11 is 0. The van der Waals surface area contributed by atoms with Gasteiger partial charge in [-0.15, -0.1) is 0 Å². The lowest BCUT2D eigenvalue weighted by Crippen LogP contribution is -2.60. The summed E-state index contributed by atoms with van der Waals surface area (Å²) in [7, 11) is 1.83. The lowest BCUT2D eigenvalue weighted by molar-refractivity contribution is -0.310. The zero-order valence-corrected chi connectivity index (χ0v) is 36.1. The number of nitrogens with zero attached hydrogens (tertiary/aromatic N) is 1. The third-order valence-corrected chi connectivity index (χ3v) is 9.90. The zero-order chi connectivity index (χ0) is 43.6. The fraction of sp³-hybridized carbons (Fsp3) is 0.565. The van der Waals surface area contributed by atoms with Gasteiger partial charge in [0.25, 0.3) is 5.91 Å². The Morgan fingerprint density at radius 1 is 0.897 bits per heavy atom. The van der Waals surface area contributed by atoms with E-state index in [0.29, 0.717) is 23.6 Å². The molecule has 9 unspecified atom stereocenters. The van der Waals surface area contributed by atoms with Crippen molar-refractivity contribution in [3.05, 3.63) is 108 Å². The summed E-state index contributed by atoms with van der Waals surface area (Å²) in [4.78, 5) is 14.0. The molecule has 12 nitrogen and oxygen atoms in total. The van der Waals surface area contributed by atoms with Crippen molar-refractivity contribution in [1.82, 2.24) is 10.2 Å². The Morgan fingerprint density at radius 3 is 2.17 bits per heavy atom. The summed E-state index contributed by atoms with van der Waals surface area (Å²) in [5, 5.41) is 61.0. The number of rotatable bonds is 25. The van der Waals surface area contributed by atoms with E-state index in [9.17, 15) is 30.3 Å². The number of aliphatic hydroxyl groups is 5. The average Bonchev–Trinajstić information content (AvgIpc) is 3.19. The van der Waals surface area contributed by atoms with Crippen molar-refractivity contribution in [2.45, 2.75) is 130 Å². The number of carbonyl (C=O) groups excluding carboxylic acids is 1. The molecular formula is C46H74N4O8. The maximum atomic E-state index is 12.3. The quantitative estimate of drug-likeness (QED) is 0.00923. The molecule has 1 heterocycles. The first kappa shape index (κ1) is 52.0. The molecule has 0 radical (unpaired) electrons. The van der Waals surface area contributed by atoms with Gasteiger partial charge in [-0.2, -0.15) is 0 Å². The molecule has 12 heteroatoms. The minimum absolute atomic E-state index is 0.0945. The molecule has 1 amide bonds. The van der Waals surface area contributed by atoms with Crippen molar-refractivity contribution >= 4 is 11.9 Å². The first-order valence-corrected chi connectivity index (χ1v) is 20.6. The van der Waals surface area contributed by atoms with E-state index in [1.165, 1.54) is 0 Å². The topological polar surface area (TPSA) is 202 Å². The monoisotopic (exact) mass is 811 g/mol. The Labute approximate surface area is 348 Å². The second-order valence-corrected chi connectivity index (χ2v) is 15.3. The molecule has 1 aliphatic rings. The molecule has 326 valence electrons. The minimum Gasteiger partial charge on any atom is -0.511 e. The fourth-order valence-corrected chi connectivity index (χ4v) is 6.10. The fourth-order valence-electron chi connectivity index (χ4n) is 6.10. The Kier molecular flexibility index (Phi) is 26.2. The number of hydrogen-bond donors (Lipinski definition) is 8. The van der Waals surface area contributed by atoms with Crippen molar-refractivity contribution in [3.8, 4) is 0 Å². The molecule has 9 N–H and O–H groups in total. The molecule has 0 saturated carbocycles. The molecule has 58 heavy (non-hydrogen) atoms. The van der Waals surface area contributed by atoms with Crippen LogP contribution in [0, 0.1) is 23.2 Å². The van der Waals surface area contributed by atoms with Crippen LogP contribution in [0.15, 0.2) is 108 Å². The summed E-state index contributed by atoms with van der Waals surface area (Å²) in [5.41, 5.74) is 7.35. The third kappa shape index (κ3) is 20.6. The average molecular weight is 811 g/mol. The molecule has 0 aromatic carbocycles. The molecule has 1 rings (SSSR count). The first-order valence-electron chi connectivity index (χ1n) is 20.6. The number of nitrogens with one attached hydrogen (secondary N) is 2. The van der Waals surface area contributed by atoms with Gasteiger partial charge in [-0.25, -0.2) is 0 Å². The van der Waals surface area contributed by atoms with Crippen molar-refractivity contribution < 1.29 is 39.8 Å². The summed E-state index contributed by atoms with van der Waals surface area (Å²) in [6.07, 6.45) is 26.6. The first-order chi connectivity index (χ1) is 27.5. The number of ether oxygens (including phenoxy) is 2. The highest BCUT2D eigenvalue weighted by molar-refractivity contribution is 5.94. The molecule has 0 aliphatic carbocycles. The van der Waals surface area contributed by atoms with Gasteiger partial charge in [0.05, 0.1) is 18.4 Å². The van der Waals surface area contributed by atoms with Crippen LogP contribution < -0.4 is 11.1 Å². The van der Waals surface area contributed by atoms with Gasteiger partial charge in [-0.05, 0) is 76.7 Å². The number of amides is 1. The van der Waals surface area contributed by atoms with Crippen molar-refractivity contribution in [2.75, 3.05) is 20.2 Å². The third-order valence-electron chi connectivity index (χ3n) is 9.90. The SMILES string of the molecule is CC/C(O)=C(\C)NC(=O)/C(C)=C/C=C/C=C/C=C/C=C/C(C)C(OC1OC(CO)C(O)C(O)C1O)/C(C)=C/C(C)CCC/C=C/C(C)C/C=C/CCCN(C)C(=N)N. The Hall–Kier alpha value is -4.04. The van der Waals surface area contributed by atoms with Crippen LogP contribution in [0.1, 0.15) is 93.4 Å². The molecule has 0 aromatic rings. The highest BCUT2D eigenvalue weighted by atomic mass is 16.7. The van der Waals surface area contributed by atoms with E-state index in [2.05, 4.69) is 49.5 Å². The molecule has 0 spiro atoms. The number of guanidine groups is 1. The van der Waals surface area contributed by atoms with Crippen LogP contribution in [0.5, 0.6) is 0 Å². The highest BCUT2D eigenvalue weighted by Gasteiger charge is 2.45. The molecule has 1 aliphatic heterocycles. The second-order valence-electron chi connectivity index (χ2n) is 15.3. The summed E-state index contributed by atoms with van der Waals surface area (Å²) in [5.74, 6) is 0.472. The van der Waals surface area contributed by atoms with Crippen LogP contribution in [-0.4, -0.2) is 99.3 Å². The van der Waals surface area contributed by atoms with Gasteiger partial charge in [-0.1, -0.05) is 113 Å². The van der Waals surface area contributed by atoms with E-state index in [1.54, 1.807) is 43.9 Å². The number of allylic oxidation sites excluding steroid dienone is 15. The van der Waals surface area contributed by atoms with Gasteiger partial charge in [0, 0.05) is 31.5 Å². The predicted molar refractivity (Wildman–Crippen MR) is 234 cm³/mol. The van der Waals surface area contributed by atoms with E-state index in [-0.39, 0.29) is 29.5 Å². The van der Waals surface area contributed by atoms with Gasteiger partial charge in [0.15, 0.2) is 12.2 Å². The Morgan fingerprint density at radius 2 is 1.53 bits per heavy atom. The predicted octanol–water partition coefficient (Wildman–Crippen LogP) is 6.79. The van der Waals surface area contributed by atoms with Crippen LogP contribution in [0.2, 0.25) is 0 Å². The Balaban J connectivity index is 2.87. The number of aliphatic hydroxyl groups excluding tert-OH is 5. The van der Waals surface area contributed by atoms with Crippen molar-refractivity contribution in [3.63, 3.8) is 0 Å². The summed E-state index contributed by atoms with van der Waals surface area (Å²) in [6.45, 7) is 13.7. The smallest absolute Gasteiger partial charge is 0.251 e. The zero-order valence-electron chi connectivity index (χ0n) is 36.1. The van der Waals surface area contributed by atoms with E-state index < -0.39 is 43.4 Å². The van der Waals surface area contributed by atoms with E-state index in [0.717, 1.165) is 50.6 Å².